The quantitative estimate of drug-likeness (QED) is 0.802. The predicted molar refractivity (Wildman–Crippen MR) is 81.2 cm³/mol. The summed E-state index contributed by atoms with van der Waals surface area (Å²) in [5.74, 6) is 0.321. The van der Waals surface area contributed by atoms with Gasteiger partial charge in [0.2, 0.25) is 0 Å². The average Bonchev–Trinajstić information content (AvgIpc) is 2.65. The first-order valence-electron chi connectivity index (χ1n) is 6.77. The van der Waals surface area contributed by atoms with Crippen molar-refractivity contribution in [3.63, 3.8) is 0 Å². The Morgan fingerprint density at radius 1 is 1.37 bits per heavy atom. The van der Waals surface area contributed by atoms with Gasteiger partial charge in [-0.2, -0.15) is 0 Å². The fourth-order valence-electron chi connectivity index (χ4n) is 1.70. The first kappa shape index (κ1) is 16.6. The maximum atomic E-state index is 11.8. The molecule has 19 heavy (non-hydrogen) atoms. The van der Waals surface area contributed by atoms with Crippen LogP contribution >= 0.6 is 11.3 Å². The largest absolute Gasteiger partial charge is 0.309 e. The zero-order valence-corrected chi connectivity index (χ0v) is 13.8. The molecule has 1 unspecified atom stereocenters. The highest BCUT2D eigenvalue weighted by atomic mass is 32.2. The van der Waals surface area contributed by atoms with E-state index in [9.17, 15) is 8.42 Å². The van der Waals surface area contributed by atoms with Crippen LogP contribution in [0.25, 0.3) is 0 Å². The SMILES string of the molecule is CCCS(=O)(=O)Cc1nc(C)c(CNC(C)CC)s1. The van der Waals surface area contributed by atoms with Crippen LogP contribution in [0, 0.1) is 6.92 Å². The summed E-state index contributed by atoms with van der Waals surface area (Å²) in [5, 5.41) is 4.13. The van der Waals surface area contributed by atoms with Gasteiger partial charge in [-0.25, -0.2) is 13.4 Å². The van der Waals surface area contributed by atoms with E-state index in [1.54, 1.807) is 0 Å². The zero-order chi connectivity index (χ0) is 14.5. The third-order valence-electron chi connectivity index (χ3n) is 3.02. The van der Waals surface area contributed by atoms with Gasteiger partial charge in [0.1, 0.15) is 10.8 Å². The van der Waals surface area contributed by atoms with E-state index in [0.717, 1.165) is 23.5 Å². The molecule has 1 aromatic rings. The average molecular weight is 304 g/mol. The highest BCUT2D eigenvalue weighted by Gasteiger charge is 2.15. The molecular formula is C13H24N2O2S2. The van der Waals surface area contributed by atoms with Crippen LogP contribution in [0.2, 0.25) is 0 Å². The fraction of sp³-hybridized carbons (Fsp3) is 0.769. The Bertz CT molecular complexity index is 495. The number of nitrogens with one attached hydrogen (secondary N) is 1. The molecule has 0 saturated carbocycles. The molecule has 6 heteroatoms. The van der Waals surface area contributed by atoms with Gasteiger partial charge in [-0.05, 0) is 26.7 Å². The van der Waals surface area contributed by atoms with Crippen LogP contribution in [0.1, 0.15) is 49.2 Å². The summed E-state index contributed by atoms with van der Waals surface area (Å²) in [6, 6.07) is 0.466. The summed E-state index contributed by atoms with van der Waals surface area (Å²) in [6.07, 6.45) is 1.74. The second kappa shape index (κ2) is 7.36. The highest BCUT2D eigenvalue weighted by Crippen LogP contribution is 2.20. The van der Waals surface area contributed by atoms with Crippen LogP contribution in [-0.2, 0) is 22.1 Å². The molecule has 0 radical (unpaired) electrons. The second-order valence-electron chi connectivity index (χ2n) is 4.90. The Balaban J connectivity index is 2.68. The van der Waals surface area contributed by atoms with Crippen LogP contribution in [0.3, 0.4) is 0 Å². The lowest BCUT2D eigenvalue weighted by molar-refractivity contribution is 0.536. The molecule has 0 aromatic carbocycles. The number of rotatable bonds is 8. The molecule has 1 heterocycles. The number of hydrogen-bond acceptors (Lipinski definition) is 5. The summed E-state index contributed by atoms with van der Waals surface area (Å²) < 4.78 is 23.6. The summed E-state index contributed by atoms with van der Waals surface area (Å²) >= 11 is 1.51. The van der Waals surface area contributed by atoms with Crippen molar-refractivity contribution in [2.45, 2.75) is 58.9 Å². The van der Waals surface area contributed by atoms with E-state index in [1.165, 1.54) is 11.3 Å². The Morgan fingerprint density at radius 2 is 2.05 bits per heavy atom. The van der Waals surface area contributed by atoms with Gasteiger partial charge in [0.15, 0.2) is 9.84 Å². The molecule has 110 valence electrons. The second-order valence-corrected chi connectivity index (χ2v) is 8.25. The Labute approximate surface area is 120 Å². The van der Waals surface area contributed by atoms with Crippen molar-refractivity contribution in [1.82, 2.24) is 10.3 Å². The van der Waals surface area contributed by atoms with Gasteiger partial charge in [0, 0.05) is 17.5 Å². The van der Waals surface area contributed by atoms with Gasteiger partial charge in [-0.1, -0.05) is 13.8 Å². The maximum Gasteiger partial charge on any atom is 0.156 e. The standard InChI is InChI=1S/C13H24N2O2S2/c1-5-7-19(16,17)9-13-15-11(4)12(18-13)8-14-10(3)6-2/h10,14H,5-9H2,1-4H3. The highest BCUT2D eigenvalue weighted by molar-refractivity contribution is 7.90. The van der Waals surface area contributed by atoms with Gasteiger partial charge < -0.3 is 5.32 Å². The van der Waals surface area contributed by atoms with Gasteiger partial charge >= 0.3 is 0 Å². The van der Waals surface area contributed by atoms with Gasteiger partial charge in [-0.15, -0.1) is 11.3 Å². The predicted octanol–water partition coefficient (Wildman–Crippen LogP) is 2.66. The summed E-state index contributed by atoms with van der Waals surface area (Å²) in [7, 11) is -3.00. The van der Waals surface area contributed by atoms with E-state index in [1.807, 2.05) is 13.8 Å². The lowest BCUT2D eigenvalue weighted by atomic mass is 10.2. The molecule has 0 saturated heterocycles. The van der Waals surface area contributed by atoms with Crippen molar-refractivity contribution in [3.05, 3.63) is 15.6 Å². The Morgan fingerprint density at radius 3 is 2.63 bits per heavy atom. The first-order valence-corrected chi connectivity index (χ1v) is 9.40. The van der Waals surface area contributed by atoms with Crippen molar-refractivity contribution in [3.8, 4) is 0 Å². The normalized spacial score (nSPS) is 13.7. The van der Waals surface area contributed by atoms with Crippen LogP contribution in [0.4, 0.5) is 0 Å². The fourth-order valence-corrected chi connectivity index (χ4v) is 4.49. The molecule has 0 aliphatic rings. The van der Waals surface area contributed by atoms with Crippen molar-refractivity contribution in [1.29, 1.82) is 0 Å². The minimum atomic E-state index is -3.00. The van der Waals surface area contributed by atoms with E-state index in [-0.39, 0.29) is 11.5 Å². The van der Waals surface area contributed by atoms with E-state index in [0.29, 0.717) is 17.5 Å². The van der Waals surface area contributed by atoms with E-state index < -0.39 is 9.84 Å². The molecule has 0 bridgehead atoms. The number of thiazole rings is 1. The molecule has 1 rings (SSSR count). The number of aromatic nitrogens is 1. The number of sulfone groups is 1. The van der Waals surface area contributed by atoms with Crippen molar-refractivity contribution in [2.75, 3.05) is 5.75 Å². The third-order valence-corrected chi connectivity index (χ3v) is 6.10. The smallest absolute Gasteiger partial charge is 0.156 e. The summed E-state index contributed by atoms with van der Waals surface area (Å²) in [4.78, 5) is 5.52. The molecule has 1 atom stereocenters. The summed E-state index contributed by atoms with van der Waals surface area (Å²) in [6.45, 7) is 8.88. The molecule has 4 nitrogen and oxygen atoms in total. The lowest BCUT2D eigenvalue weighted by Gasteiger charge is -2.09. The zero-order valence-electron chi connectivity index (χ0n) is 12.2. The van der Waals surface area contributed by atoms with Crippen LogP contribution < -0.4 is 5.32 Å². The maximum absolute atomic E-state index is 11.8. The van der Waals surface area contributed by atoms with Crippen LogP contribution in [-0.4, -0.2) is 25.2 Å². The Kier molecular flexibility index (Phi) is 6.42. The van der Waals surface area contributed by atoms with E-state index >= 15 is 0 Å². The van der Waals surface area contributed by atoms with Crippen molar-refractivity contribution in [2.24, 2.45) is 0 Å². The van der Waals surface area contributed by atoms with Crippen molar-refractivity contribution < 1.29 is 8.42 Å². The molecule has 0 aliphatic carbocycles. The minimum Gasteiger partial charge on any atom is -0.309 e. The van der Waals surface area contributed by atoms with Crippen molar-refractivity contribution >= 4 is 21.2 Å². The molecule has 0 spiro atoms. The molecule has 0 amide bonds. The Hall–Kier alpha value is -0.460. The molecule has 1 aromatic heterocycles. The summed E-state index contributed by atoms with van der Waals surface area (Å²) in [5.41, 5.74) is 0.947. The number of hydrogen-bond donors (Lipinski definition) is 1. The van der Waals surface area contributed by atoms with Crippen LogP contribution in [0.5, 0.6) is 0 Å². The number of nitrogens with zero attached hydrogens (tertiary/aromatic N) is 1. The van der Waals surface area contributed by atoms with E-state index in [4.69, 9.17) is 0 Å². The molecule has 0 fully saturated rings. The number of aryl methyl sites for hydroxylation is 1. The van der Waals surface area contributed by atoms with Gasteiger partial charge in [-0.3, -0.25) is 0 Å². The van der Waals surface area contributed by atoms with E-state index in [2.05, 4.69) is 24.1 Å². The first-order chi connectivity index (χ1) is 8.88. The molecule has 1 N–H and O–H groups in total. The molecular weight excluding hydrogens is 280 g/mol. The van der Waals surface area contributed by atoms with Crippen LogP contribution in [0.15, 0.2) is 0 Å². The van der Waals surface area contributed by atoms with Gasteiger partial charge in [0.25, 0.3) is 0 Å². The molecule has 0 aliphatic heterocycles. The minimum absolute atomic E-state index is 0.0790. The lowest BCUT2D eigenvalue weighted by Crippen LogP contribution is -2.24. The third kappa shape index (κ3) is 5.58. The topological polar surface area (TPSA) is 59.1 Å². The van der Waals surface area contributed by atoms with Gasteiger partial charge in [0.05, 0.1) is 11.4 Å². The monoisotopic (exact) mass is 304 g/mol.